The first-order valence-corrected chi connectivity index (χ1v) is 14.6. The molecule has 0 atom stereocenters. The molecule has 0 heterocycles. The third-order valence-electron chi connectivity index (χ3n) is 5.63. The highest BCUT2D eigenvalue weighted by atomic mass is 32.2. The van der Waals surface area contributed by atoms with Gasteiger partial charge in [-0.2, -0.15) is 0 Å². The van der Waals surface area contributed by atoms with E-state index in [0.29, 0.717) is 5.56 Å². The summed E-state index contributed by atoms with van der Waals surface area (Å²) in [6.45, 7) is 4.20. The summed E-state index contributed by atoms with van der Waals surface area (Å²) in [4.78, 5) is 18.9. The maximum atomic E-state index is 13.2. The Bertz CT molecular complexity index is 1290. The molecule has 0 spiro atoms. The van der Waals surface area contributed by atoms with E-state index in [1.807, 2.05) is 0 Å². The van der Waals surface area contributed by atoms with Crippen molar-refractivity contribution in [2.45, 2.75) is 50.5 Å². The zero-order chi connectivity index (χ0) is 29.0. The molecule has 0 aliphatic rings. The van der Waals surface area contributed by atoms with Crippen molar-refractivity contribution in [3.63, 3.8) is 0 Å². The van der Waals surface area contributed by atoms with Gasteiger partial charge in [0.2, 0.25) is 0 Å². The Hall–Kier alpha value is -3.59. The average molecular weight is 559 g/mol. The molecule has 9 heteroatoms. The van der Waals surface area contributed by atoms with E-state index in [2.05, 4.69) is 19.0 Å². The van der Waals surface area contributed by atoms with Gasteiger partial charge in [-0.1, -0.05) is 62.2 Å². The number of carbonyl (C=O) groups is 1. The maximum Gasteiger partial charge on any atom is 0.253 e. The average Bonchev–Trinajstić information content (AvgIpc) is 2.90. The standard InChI is InChI=1S/C20H23F2NO.C10H13NO3S/c1-3-5-19(6-4-2)23-24-20(15-7-11-17(21)12-8-15)16-9-13-18(22)14-10-16;1-11(2)10(12)8-5-4-6-9(7-8)15(3,13)14/h7-14,20H,3-6H2,1-2H3;4-7H,1-3H3. The summed E-state index contributed by atoms with van der Waals surface area (Å²) in [7, 11) is -0.0143. The van der Waals surface area contributed by atoms with Crippen LogP contribution < -0.4 is 0 Å². The Balaban J connectivity index is 0.000000306. The Morgan fingerprint density at radius 1 is 0.872 bits per heavy atom. The molecule has 0 aliphatic carbocycles. The monoisotopic (exact) mass is 558 g/mol. The van der Waals surface area contributed by atoms with Gasteiger partial charge in [0.1, 0.15) is 11.6 Å². The number of hydrogen-bond donors (Lipinski definition) is 0. The Morgan fingerprint density at radius 2 is 1.36 bits per heavy atom. The van der Waals surface area contributed by atoms with Crippen LogP contribution in [0.4, 0.5) is 8.78 Å². The van der Waals surface area contributed by atoms with Gasteiger partial charge in [0.15, 0.2) is 15.9 Å². The van der Waals surface area contributed by atoms with Crippen LogP contribution in [0.15, 0.2) is 82.8 Å². The Labute approximate surface area is 230 Å². The number of hydrogen-bond acceptors (Lipinski definition) is 5. The predicted molar refractivity (Wildman–Crippen MR) is 151 cm³/mol. The van der Waals surface area contributed by atoms with Gasteiger partial charge in [0.05, 0.1) is 10.6 Å². The van der Waals surface area contributed by atoms with Crippen molar-refractivity contribution in [1.29, 1.82) is 0 Å². The van der Waals surface area contributed by atoms with Gasteiger partial charge in [-0.05, 0) is 66.4 Å². The zero-order valence-corrected chi connectivity index (χ0v) is 23.8. The van der Waals surface area contributed by atoms with E-state index >= 15 is 0 Å². The predicted octanol–water partition coefficient (Wildman–Crippen LogP) is 6.82. The van der Waals surface area contributed by atoms with Crippen molar-refractivity contribution in [2.75, 3.05) is 20.4 Å². The van der Waals surface area contributed by atoms with E-state index < -0.39 is 15.9 Å². The van der Waals surface area contributed by atoms with E-state index in [9.17, 15) is 22.0 Å². The first kappa shape index (κ1) is 31.6. The molecule has 0 radical (unpaired) electrons. The van der Waals surface area contributed by atoms with Crippen LogP contribution in [0.3, 0.4) is 0 Å². The van der Waals surface area contributed by atoms with Gasteiger partial charge in [-0.3, -0.25) is 4.79 Å². The molecule has 3 rings (SSSR count). The number of halogens is 2. The number of nitrogens with zero attached hydrogens (tertiary/aromatic N) is 2. The van der Waals surface area contributed by atoms with Crippen LogP contribution in [0.5, 0.6) is 0 Å². The smallest absolute Gasteiger partial charge is 0.253 e. The molecular formula is C30H36F2N2O4S. The molecule has 0 aromatic heterocycles. The summed E-state index contributed by atoms with van der Waals surface area (Å²) in [6.07, 6.45) is 4.39. The SMILES string of the molecule is CCCC(CCC)=NOC(c1ccc(F)cc1)c1ccc(F)cc1.CN(C)C(=O)c1cccc(S(C)(=O)=O)c1. The molecule has 6 nitrogen and oxygen atoms in total. The van der Waals surface area contributed by atoms with Crippen molar-refractivity contribution in [1.82, 2.24) is 4.90 Å². The lowest BCUT2D eigenvalue weighted by Gasteiger charge is -2.17. The maximum absolute atomic E-state index is 13.2. The second-order valence-electron chi connectivity index (χ2n) is 9.25. The Morgan fingerprint density at radius 3 is 1.77 bits per heavy atom. The summed E-state index contributed by atoms with van der Waals surface area (Å²) < 4.78 is 48.9. The molecule has 0 fully saturated rings. The van der Waals surface area contributed by atoms with E-state index in [1.54, 1.807) is 50.5 Å². The van der Waals surface area contributed by atoms with Crippen LogP contribution >= 0.6 is 0 Å². The number of sulfone groups is 1. The van der Waals surface area contributed by atoms with Crippen LogP contribution in [0.2, 0.25) is 0 Å². The fourth-order valence-electron chi connectivity index (χ4n) is 3.63. The Kier molecular flexibility index (Phi) is 12.3. The molecule has 3 aromatic rings. The van der Waals surface area contributed by atoms with Crippen molar-refractivity contribution in [3.8, 4) is 0 Å². The van der Waals surface area contributed by atoms with Crippen LogP contribution in [-0.4, -0.2) is 45.3 Å². The second kappa shape index (κ2) is 15.1. The summed E-state index contributed by atoms with van der Waals surface area (Å²) >= 11 is 0. The molecule has 0 bridgehead atoms. The molecular weight excluding hydrogens is 522 g/mol. The topological polar surface area (TPSA) is 76.0 Å². The first-order valence-electron chi connectivity index (χ1n) is 12.7. The van der Waals surface area contributed by atoms with Crippen molar-refractivity contribution in [2.24, 2.45) is 5.16 Å². The molecule has 3 aromatic carbocycles. The molecule has 39 heavy (non-hydrogen) atoms. The molecule has 0 aliphatic heterocycles. The molecule has 1 amide bonds. The van der Waals surface area contributed by atoms with Crippen LogP contribution in [-0.2, 0) is 14.7 Å². The number of amides is 1. The molecule has 0 saturated carbocycles. The van der Waals surface area contributed by atoms with E-state index in [4.69, 9.17) is 4.84 Å². The fourth-order valence-corrected chi connectivity index (χ4v) is 4.29. The normalized spacial score (nSPS) is 10.9. The second-order valence-corrected chi connectivity index (χ2v) is 11.3. The number of rotatable bonds is 10. The van der Waals surface area contributed by atoms with Crippen molar-refractivity contribution in [3.05, 3.63) is 101 Å². The first-order chi connectivity index (χ1) is 18.5. The lowest BCUT2D eigenvalue weighted by atomic mass is 10.0. The minimum Gasteiger partial charge on any atom is -0.383 e. The molecule has 0 N–H and O–H groups in total. The molecule has 0 saturated heterocycles. The summed E-state index contributed by atoms with van der Waals surface area (Å²) in [5.41, 5.74) is 2.94. The summed E-state index contributed by atoms with van der Waals surface area (Å²) in [6, 6.07) is 18.2. The highest BCUT2D eigenvalue weighted by Gasteiger charge is 2.17. The van der Waals surface area contributed by atoms with E-state index in [-0.39, 0.29) is 22.4 Å². The third-order valence-corrected chi connectivity index (χ3v) is 6.74. The lowest BCUT2D eigenvalue weighted by molar-refractivity contribution is 0.0827. The van der Waals surface area contributed by atoms with Crippen LogP contribution in [0.1, 0.15) is 67.1 Å². The minimum absolute atomic E-state index is 0.162. The highest BCUT2D eigenvalue weighted by Crippen LogP contribution is 2.27. The van der Waals surface area contributed by atoms with E-state index in [0.717, 1.165) is 48.8 Å². The number of oxime groups is 1. The zero-order valence-electron chi connectivity index (χ0n) is 23.0. The van der Waals surface area contributed by atoms with Crippen LogP contribution in [0, 0.1) is 11.6 Å². The van der Waals surface area contributed by atoms with Crippen LogP contribution in [0.25, 0.3) is 0 Å². The van der Waals surface area contributed by atoms with Gasteiger partial charge < -0.3 is 9.74 Å². The number of carbonyl (C=O) groups excluding carboxylic acids is 1. The van der Waals surface area contributed by atoms with Gasteiger partial charge in [0.25, 0.3) is 5.91 Å². The largest absolute Gasteiger partial charge is 0.383 e. The quantitative estimate of drug-likeness (QED) is 0.202. The molecule has 0 unspecified atom stereocenters. The van der Waals surface area contributed by atoms with Gasteiger partial charge >= 0.3 is 0 Å². The highest BCUT2D eigenvalue weighted by molar-refractivity contribution is 7.90. The third kappa shape index (κ3) is 10.2. The van der Waals surface area contributed by atoms with Crippen molar-refractivity contribution >= 4 is 21.5 Å². The van der Waals surface area contributed by atoms with Gasteiger partial charge in [0, 0.05) is 25.9 Å². The van der Waals surface area contributed by atoms with Crippen molar-refractivity contribution < 1.29 is 26.8 Å². The summed E-state index contributed by atoms with van der Waals surface area (Å²) in [5, 5.41) is 4.33. The summed E-state index contributed by atoms with van der Waals surface area (Å²) in [5.74, 6) is -0.823. The van der Waals surface area contributed by atoms with Gasteiger partial charge in [-0.25, -0.2) is 17.2 Å². The fraction of sp³-hybridized carbons (Fsp3) is 0.333. The number of benzene rings is 3. The lowest BCUT2D eigenvalue weighted by Crippen LogP contribution is -2.21. The van der Waals surface area contributed by atoms with E-state index in [1.165, 1.54) is 41.3 Å². The molecule has 210 valence electrons. The van der Waals surface area contributed by atoms with Gasteiger partial charge in [-0.15, -0.1) is 0 Å². The minimum atomic E-state index is -3.26.